The molecule has 17 heavy (non-hydrogen) atoms. The zero-order valence-electron chi connectivity index (χ0n) is 10.6. The van der Waals surface area contributed by atoms with Crippen molar-refractivity contribution in [3.8, 4) is 0 Å². The van der Waals surface area contributed by atoms with E-state index in [1.165, 1.54) is 0 Å². The van der Waals surface area contributed by atoms with Crippen LogP contribution in [0.1, 0.15) is 36.5 Å². The molecule has 0 aliphatic rings. The summed E-state index contributed by atoms with van der Waals surface area (Å²) in [5.41, 5.74) is 7.03. The minimum Gasteiger partial charge on any atom is -0.382 e. The Bertz CT molecular complexity index is 304. The molecule has 0 saturated heterocycles. The normalized spacial score (nSPS) is 12.9. The van der Waals surface area contributed by atoms with Crippen LogP contribution in [-0.2, 0) is 15.9 Å². The first-order chi connectivity index (χ1) is 8.27. The van der Waals surface area contributed by atoms with Crippen molar-refractivity contribution in [2.24, 2.45) is 5.73 Å². The Morgan fingerprint density at radius 1 is 1.41 bits per heavy atom. The topological polar surface area (TPSA) is 57.4 Å². The van der Waals surface area contributed by atoms with E-state index in [1.54, 1.807) is 18.4 Å². The van der Waals surface area contributed by atoms with E-state index in [0.29, 0.717) is 19.8 Å². The number of ether oxygens (including phenoxy) is 2. The third-order valence-electron chi connectivity index (χ3n) is 2.44. The number of thiazole rings is 1. The number of hydrogen-bond acceptors (Lipinski definition) is 5. The van der Waals surface area contributed by atoms with E-state index in [1.807, 2.05) is 0 Å². The second-order valence-electron chi connectivity index (χ2n) is 3.92. The average Bonchev–Trinajstić information content (AvgIpc) is 2.78. The third kappa shape index (κ3) is 5.59. The maximum absolute atomic E-state index is 6.01. The zero-order chi connectivity index (χ0) is 12.5. The van der Waals surface area contributed by atoms with E-state index < -0.39 is 0 Å². The van der Waals surface area contributed by atoms with Gasteiger partial charge in [0.2, 0.25) is 0 Å². The highest BCUT2D eigenvalue weighted by molar-refractivity contribution is 7.09. The molecule has 2 N–H and O–H groups in total. The van der Waals surface area contributed by atoms with Crippen molar-refractivity contribution in [3.63, 3.8) is 0 Å². The van der Waals surface area contributed by atoms with Gasteiger partial charge in [-0.3, -0.25) is 0 Å². The van der Waals surface area contributed by atoms with Gasteiger partial charge in [0, 0.05) is 25.0 Å². The van der Waals surface area contributed by atoms with E-state index in [4.69, 9.17) is 15.2 Å². The van der Waals surface area contributed by atoms with Gasteiger partial charge in [-0.25, -0.2) is 4.98 Å². The standard InChI is InChI=1S/C12H22N2O2S/c1-3-4-10(13)11-9-17-12(14-11)5-6-16-8-7-15-2/h9-10H,3-8,13H2,1-2H3. The van der Waals surface area contributed by atoms with Crippen molar-refractivity contribution in [2.75, 3.05) is 26.9 Å². The van der Waals surface area contributed by atoms with E-state index in [0.717, 1.165) is 30.0 Å². The maximum atomic E-state index is 6.01. The van der Waals surface area contributed by atoms with E-state index in [9.17, 15) is 0 Å². The number of hydrogen-bond donors (Lipinski definition) is 1. The Morgan fingerprint density at radius 2 is 2.24 bits per heavy atom. The second kappa shape index (κ2) is 8.58. The minimum absolute atomic E-state index is 0.0828. The summed E-state index contributed by atoms with van der Waals surface area (Å²) >= 11 is 1.67. The van der Waals surface area contributed by atoms with Gasteiger partial charge in [-0.2, -0.15) is 0 Å². The highest BCUT2D eigenvalue weighted by atomic mass is 32.1. The van der Waals surface area contributed by atoms with Crippen LogP contribution < -0.4 is 5.73 Å². The Morgan fingerprint density at radius 3 is 2.94 bits per heavy atom. The van der Waals surface area contributed by atoms with Gasteiger partial charge in [0.05, 0.1) is 30.5 Å². The van der Waals surface area contributed by atoms with Gasteiger partial charge in [0.25, 0.3) is 0 Å². The largest absolute Gasteiger partial charge is 0.382 e. The predicted molar refractivity (Wildman–Crippen MR) is 70.3 cm³/mol. The second-order valence-corrected chi connectivity index (χ2v) is 4.86. The van der Waals surface area contributed by atoms with Crippen LogP contribution in [0.25, 0.3) is 0 Å². The molecular formula is C12H22N2O2S. The Labute approximate surface area is 107 Å². The lowest BCUT2D eigenvalue weighted by Crippen LogP contribution is -2.10. The van der Waals surface area contributed by atoms with Crippen molar-refractivity contribution in [3.05, 3.63) is 16.1 Å². The van der Waals surface area contributed by atoms with Crippen molar-refractivity contribution in [1.29, 1.82) is 0 Å². The summed E-state index contributed by atoms with van der Waals surface area (Å²) in [6.45, 7) is 4.12. The van der Waals surface area contributed by atoms with Crippen molar-refractivity contribution in [2.45, 2.75) is 32.2 Å². The fourth-order valence-corrected chi connectivity index (χ4v) is 2.32. The number of methoxy groups -OCH3 is 1. The van der Waals surface area contributed by atoms with Crippen LogP contribution >= 0.6 is 11.3 Å². The molecule has 1 aromatic rings. The smallest absolute Gasteiger partial charge is 0.0951 e. The number of rotatable bonds is 9. The molecule has 0 fully saturated rings. The summed E-state index contributed by atoms with van der Waals surface area (Å²) in [7, 11) is 1.67. The predicted octanol–water partition coefficient (Wildman–Crippen LogP) is 2.15. The molecule has 4 nitrogen and oxygen atoms in total. The van der Waals surface area contributed by atoms with Crippen LogP contribution in [0.2, 0.25) is 0 Å². The van der Waals surface area contributed by atoms with Gasteiger partial charge in [0.1, 0.15) is 0 Å². The monoisotopic (exact) mass is 258 g/mol. The SMILES string of the molecule is CCCC(N)c1csc(CCOCCOC)n1. The fraction of sp³-hybridized carbons (Fsp3) is 0.750. The highest BCUT2D eigenvalue weighted by Crippen LogP contribution is 2.18. The fourth-order valence-electron chi connectivity index (χ4n) is 1.47. The van der Waals surface area contributed by atoms with Gasteiger partial charge in [-0.15, -0.1) is 11.3 Å². The Hall–Kier alpha value is -0.490. The maximum Gasteiger partial charge on any atom is 0.0951 e. The van der Waals surface area contributed by atoms with Crippen LogP contribution in [0.4, 0.5) is 0 Å². The molecule has 5 heteroatoms. The van der Waals surface area contributed by atoms with Crippen LogP contribution in [-0.4, -0.2) is 31.9 Å². The molecule has 0 aliphatic carbocycles. The summed E-state index contributed by atoms with van der Waals surface area (Å²) < 4.78 is 10.3. The molecule has 98 valence electrons. The quantitative estimate of drug-likeness (QED) is 0.690. The molecule has 0 bridgehead atoms. The van der Waals surface area contributed by atoms with E-state index >= 15 is 0 Å². The van der Waals surface area contributed by atoms with E-state index in [-0.39, 0.29) is 6.04 Å². The molecule has 1 rings (SSSR count). The summed E-state index contributed by atoms with van der Waals surface area (Å²) in [4.78, 5) is 4.53. The van der Waals surface area contributed by atoms with Gasteiger partial charge in [-0.05, 0) is 6.42 Å². The Kier molecular flexibility index (Phi) is 7.35. The number of nitrogens with zero attached hydrogens (tertiary/aromatic N) is 1. The van der Waals surface area contributed by atoms with Crippen LogP contribution in [0, 0.1) is 0 Å². The van der Waals surface area contributed by atoms with Crippen LogP contribution in [0.3, 0.4) is 0 Å². The molecule has 0 saturated carbocycles. The Balaban J connectivity index is 2.25. The molecular weight excluding hydrogens is 236 g/mol. The summed E-state index contributed by atoms with van der Waals surface area (Å²) in [6.07, 6.45) is 2.94. The number of nitrogens with two attached hydrogens (primary N) is 1. The van der Waals surface area contributed by atoms with Crippen LogP contribution in [0.15, 0.2) is 5.38 Å². The highest BCUT2D eigenvalue weighted by Gasteiger charge is 2.09. The zero-order valence-corrected chi connectivity index (χ0v) is 11.5. The van der Waals surface area contributed by atoms with E-state index in [2.05, 4.69) is 17.3 Å². The molecule has 0 radical (unpaired) electrons. The van der Waals surface area contributed by atoms with Gasteiger partial charge in [0.15, 0.2) is 0 Å². The van der Waals surface area contributed by atoms with Crippen molar-refractivity contribution in [1.82, 2.24) is 4.98 Å². The average molecular weight is 258 g/mol. The molecule has 1 aromatic heterocycles. The minimum atomic E-state index is 0.0828. The third-order valence-corrected chi connectivity index (χ3v) is 3.37. The molecule has 1 unspecified atom stereocenters. The lowest BCUT2D eigenvalue weighted by Gasteiger charge is -2.05. The summed E-state index contributed by atoms with van der Waals surface area (Å²) in [5, 5.41) is 3.16. The lowest BCUT2D eigenvalue weighted by atomic mass is 10.1. The summed E-state index contributed by atoms with van der Waals surface area (Å²) in [6, 6.07) is 0.0828. The molecule has 0 amide bonds. The molecule has 1 heterocycles. The molecule has 0 spiro atoms. The first-order valence-corrected chi connectivity index (χ1v) is 6.92. The lowest BCUT2D eigenvalue weighted by molar-refractivity contribution is 0.0722. The molecule has 0 aliphatic heterocycles. The van der Waals surface area contributed by atoms with Gasteiger partial charge >= 0.3 is 0 Å². The molecule has 0 aromatic carbocycles. The first-order valence-electron chi connectivity index (χ1n) is 6.04. The van der Waals surface area contributed by atoms with Crippen molar-refractivity contribution < 1.29 is 9.47 Å². The summed E-state index contributed by atoms with van der Waals surface area (Å²) in [5.74, 6) is 0. The van der Waals surface area contributed by atoms with Crippen LogP contribution in [0.5, 0.6) is 0 Å². The first kappa shape index (κ1) is 14.6. The molecule has 1 atom stereocenters. The van der Waals surface area contributed by atoms with Gasteiger partial charge < -0.3 is 15.2 Å². The number of aromatic nitrogens is 1. The van der Waals surface area contributed by atoms with Crippen molar-refractivity contribution >= 4 is 11.3 Å². The van der Waals surface area contributed by atoms with Gasteiger partial charge in [-0.1, -0.05) is 13.3 Å².